The Bertz CT molecular complexity index is 830. The summed E-state index contributed by atoms with van der Waals surface area (Å²) >= 11 is 2.69. The second-order valence-corrected chi connectivity index (χ2v) is 9.67. The van der Waals surface area contributed by atoms with Crippen LogP contribution in [0.1, 0.15) is 23.0 Å². The minimum Gasteiger partial charge on any atom is -0.416 e. The first-order valence-electron chi connectivity index (χ1n) is 7.25. The minimum atomic E-state index is -3.00. The fourth-order valence-electron chi connectivity index (χ4n) is 2.32. The lowest BCUT2D eigenvalue weighted by atomic mass is 10.3. The van der Waals surface area contributed by atoms with Crippen molar-refractivity contribution >= 4 is 38.8 Å². The van der Waals surface area contributed by atoms with Crippen LogP contribution in [0, 0.1) is 6.92 Å². The highest BCUT2D eigenvalue weighted by Crippen LogP contribution is 2.19. The minimum absolute atomic E-state index is 0.0150. The number of sulfone groups is 1. The van der Waals surface area contributed by atoms with Crippen molar-refractivity contribution in [3.8, 4) is 0 Å². The van der Waals surface area contributed by atoms with E-state index in [0.29, 0.717) is 24.0 Å². The van der Waals surface area contributed by atoms with E-state index in [2.05, 4.69) is 20.5 Å². The number of nitrogens with one attached hydrogen (secondary N) is 1. The van der Waals surface area contributed by atoms with Crippen LogP contribution in [-0.4, -0.2) is 52.8 Å². The van der Waals surface area contributed by atoms with Crippen LogP contribution >= 0.6 is 23.1 Å². The summed E-state index contributed by atoms with van der Waals surface area (Å²) in [5, 5.41) is 13.8. The predicted molar refractivity (Wildman–Crippen MR) is 89.9 cm³/mol. The molecule has 1 aliphatic rings. The monoisotopic (exact) mass is 388 g/mol. The molecule has 1 saturated heterocycles. The highest BCUT2D eigenvalue weighted by Gasteiger charge is 2.28. The molecule has 11 heteroatoms. The molecule has 0 radical (unpaired) electrons. The SMILES string of the molecule is Cc1nc(Cc2nnc(SCC(=O)N[C@@H]3CCS(=O)(=O)C3)o2)cs1. The third kappa shape index (κ3) is 4.77. The van der Waals surface area contributed by atoms with Gasteiger partial charge in [0.05, 0.1) is 34.4 Å². The lowest BCUT2D eigenvalue weighted by Crippen LogP contribution is -2.36. The Balaban J connectivity index is 1.46. The third-order valence-corrected chi connectivity index (χ3v) is 6.78. The Morgan fingerprint density at radius 3 is 3.00 bits per heavy atom. The molecule has 0 spiro atoms. The van der Waals surface area contributed by atoms with E-state index in [1.807, 2.05) is 12.3 Å². The van der Waals surface area contributed by atoms with Gasteiger partial charge >= 0.3 is 0 Å². The summed E-state index contributed by atoms with van der Waals surface area (Å²) in [7, 11) is -3.00. The normalized spacial score (nSPS) is 19.5. The lowest BCUT2D eigenvalue weighted by molar-refractivity contribution is -0.119. The van der Waals surface area contributed by atoms with Gasteiger partial charge in [-0.25, -0.2) is 13.4 Å². The number of thioether (sulfide) groups is 1. The number of carbonyl (C=O) groups excluding carboxylic acids is 1. The summed E-state index contributed by atoms with van der Waals surface area (Å²) in [6.45, 7) is 1.93. The Morgan fingerprint density at radius 1 is 1.50 bits per heavy atom. The molecule has 3 rings (SSSR count). The summed E-state index contributed by atoms with van der Waals surface area (Å²) in [5.41, 5.74) is 0.873. The van der Waals surface area contributed by atoms with E-state index < -0.39 is 9.84 Å². The van der Waals surface area contributed by atoms with Crippen molar-refractivity contribution in [3.05, 3.63) is 22.0 Å². The summed E-state index contributed by atoms with van der Waals surface area (Å²) in [6.07, 6.45) is 0.931. The molecule has 1 N–H and O–H groups in total. The molecule has 130 valence electrons. The number of carbonyl (C=O) groups is 1. The maximum Gasteiger partial charge on any atom is 0.277 e. The third-order valence-electron chi connectivity index (χ3n) is 3.37. The summed E-state index contributed by atoms with van der Waals surface area (Å²) in [4.78, 5) is 16.2. The first kappa shape index (κ1) is 17.4. The van der Waals surface area contributed by atoms with Crippen LogP contribution in [0.2, 0.25) is 0 Å². The quantitative estimate of drug-likeness (QED) is 0.723. The van der Waals surface area contributed by atoms with Crippen molar-refractivity contribution < 1.29 is 17.6 Å². The van der Waals surface area contributed by atoms with Crippen molar-refractivity contribution in [2.45, 2.75) is 31.0 Å². The molecule has 1 atom stereocenters. The van der Waals surface area contributed by atoms with Crippen molar-refractivity contribution in [2.75, 3.05) is 17.3 Å². The van der Waals surface area contributed by atoms with Crippen LogP contribution in [0.15, 0.2) is 15.0 Å². The molecular formula is C13H16N4O4S3. The number of nitrogens with zero attached hydrogens (tertiary/aromatic N) is 3. The second-order valence-electron chi connectivity index (χ2n) is 5.45. The largest absolute Gasteiger partial charge is 0.416 e. The number of hydrogen-bond acceptors (Lipinski definition) is 9. The van der Waals surface area contributed by atoms with Gasteiger partial charge < -0.3 is 9.73 Å². The maximum absolute atomic E-state index is 11.9. The molecule has 1 aliphatic heterocycles. The van der Waals surface area contributed by atoms with Crippen molar-refractivity contribution in [1.29, 1.82) is 0 Å². The van der Waals surface area contributed by atoms with Gasteiger partial charge in [-0.3, -0.25) is 4.79 Å². The van der Waals surface area contributed by atoms with Gasteiger partial charge in [0.1, 0.15) is 0 Å². The molecule has 0 bridgehead atoms. The van der Waals surface area contributed by atoms with Crippen LogP contribution < -0.4 is 5.32 Å². The predicted octanol–water partition coefficient (Wildman–Crippen LogP) is 0.821. The van der Waals surface area contributed by atoms with Gasteiger partial charge in [0.15, 0.2) is 9.84 Å². The number of rotatable bonds is 6. The zero-order valence-electron chi connectivity index (χ0n) is 12.9. The molecule has 1 amide bonds. The Hall–Kier alpha value is -1.46. The van der Waals surface area contributed by atoms with Crippen LogP contribution in [0.5, 0.6) is 0 Å². The van der Waals surface area contributed by atoms with Crippen LogP contribution in [0.3, 0.4) is 0 Å². The van der Waals surface area contributed by atoms with E-state index in [4.69, 9.17) is 4.42 Å². The zero-order chi connectivity index (χ0) is 17.2. The fourth-order valence-corrected chi connectivity index (χ4v) is 5.20. The molecule has 0 unspecified atom stereocenters. The Morgan fingerprint density at radius 2 is 2.33 bits per heavy atom. The molecular weight excluding hydrogens is 372 g/mol. The summed E-state index contributed by atoms with van der Waals surface area (Å²) in [6, 6.07) is -0.297. The van der Waals surface area contributed by atoms with Gasteiger partial charge in [-0.15, -0.1) is 21.5 Å². The standard InChI is InChI=1S/C13H16N4O4S3/c1-8-14-10(5-22-8)4-12-16-17-13(21-12)23-6-11(18)15-9-2-3-24(19,20)7-9/h5,9H,2-4,6-7H2,1H3,(H,15,18)/t9-/m1/s1. The molecule has 3 heterocycles. The van der Waals surface area contributed by atoms with Gasteiger partial charge in [-0.05, 0) is 13.3 Å². The summed E-state index contributed by atoms with van der Waals surface area (Å²) < 4.78 is 28.2. The number of amides is 1. The number of aromatic nitrogens is 3. The Kier molecular flexibility index (Phi) is 5.21. The average molecular weight is 388 g/mol. The van der Waals surface area contributed by atoms with E-state index in [0.717, 1.165) is 22.5 Å². The summed E-state index contributed by atoms with van der Waals surface area (Å²) in [5.74, 6) is 0.464. The van der Waals surface area contributed by atoms with Crippen molar-refractivity contribution in [1.82, 2.24) is 20.5 Å². The Labute approximate surface area is 147 Å². The molecule has 0 saturated carbocycles. The van der Waals surface area contributed by atoms with E-state index in [-0.39, 0.29) is 29.2 Å². The van der Waals surface area contributed by atoms with Gasteiger partial charge in [0.25, 0.3) is 5.22 Å². The molecule has 1 fully saturated rings. The van der Waals surface area contributed by atoms with Gasteiger partial charge in [-0.1, -0.05) is 11.8 Å². The average Bonchev–Trinajstić information content (AvgIpc) is 3.19. The van der Waals surface area contributed by atoms with Gasteiger partial charge in [-0.2, -0.15) is 0 Å². The fraction of sp³-hybridized carbons (Fsp3) is 0.538. The number of thiazole rings is 1. The second kappa shape index (κ2) is 7.19. The van der Waals surface area contributed by atoms with Crippen molar-refractivity contribution in [3.63, 3.8) is 0 Å². The van der Waals surface area contributed by atoms with Gasteiger partial charge in [0, 0.05) is 11.4 Å². The number of hydrogen-bond donors (Lipinski definition) is 1. The van der Waals surface area contributed by atoms with E-state index in [1.54, 1.807) is 11.3 Å². The van der Waals surface area contributed by atoms with Crippen LogP contribution in [0.4, 0.5) is 0 Å². The first-order chi connectivity index (χ1) is 11.4. The first-order valence-corrected chi connectivity index (χ1v) is 10.9. The van der Waals surface area contributed by atoms with Crippen LogP contribution in [0.25, 0.3) is 0 Å². The lowest BCUT2D eigenvalue weighted by Gasteiger charge is -2.09. The van der Waals surface area contributed by atoms with Gasteiger partial charge in [0.2, 0.25) is 11.8 Å². The molecule has 2 aromatic heterocycles. The van der Waals surface area contributed by atoms with E-state index in [9.17, 15) is 13.2 Å². The highest BCUT2D eigenvalue weighted by atomic mass is 32.2. The smallest absolute Gasteiger partial charge is 0.277 e. The van der Waals surface area contributed by atoms with Crippen LogP contribution in [-0.2, 0) is 21.1 Å². The molecule has 2 aromatic rings. The maximum atomic E-state index is 11.9. The molecule has 8 nitrogen and oxygen atoms in total. The highest BCUT2D eigenvalue weighted by molar-refractivity contribution is 7.99. The topological polar surface area (TPSA) is 115 Å². The van der Waals surface area contributed by atoms with E-state index >= 15 is 0 Å². The molecule has 24 heavy (non-hydrogen) atoms. The van der Waals surface area contributed by atoms with Crippen molar-refractivity contribution in [2.24, 2.45) is 0 Å². The number of aryl methyl sites for hydroxylation is 1. The zero-order valence-corrected chi connectivity index (χ0v) is 15.3. The molecule has 0 aromatic carbocycles. The molecule has 0 aliphatic carbocycles. The van der Waals surface area contributed by atoms with E-state index in [1.165, 1.54) is 0 Å².